The molecule has 4 nitrogen and oxygen atoms in total. The van der Waals surface area contributed by atoms with Gasteiger partial charge >= 0.3 is 6.03 Å². The molecular weight excluding hydrogens is 285 g/mol. The van der Waals surface area contributed by atoms with Gasteiger partial charge in [0.05, 0.1) is 10.0 Å². The lowest BCUT2D eigenvalue weighted by atomic mass is 10.2. The third kappa shape index (κ3) is 6.66. The van der Waals surface area contributed by atoms with Gasteiger partial charge in [-0.1, -0.05) is 29.3 Å². The summed E-state index contributed by atoms with van der Waals surface area (Å²) in [6.07, 6.45) is 0.924. The Balaban J connectivity index is 2.24. The number of benzene rings is 1. The fourth-order valence-electron chi connectivity index (χ4n) is 1.49. The van der Waals surface area contributed by atoms with E-state index in [9.17, 15) is 4.79 Å². The highest BCUT2D eigenvalue weighted by Gasteiger charge is 2.02. The highest BCUT2D eigenvalue weighted by Crippen LogP contribution is 2.22. The summed E-state index contributed by atoms with van der Waals surface area (Å²) in [5, 5.41) is 6.57. The number of carbonyl (C=O) groups excluding carboxylic acids is 1. The summed E-state index contributed by atoms with van der Waals surface area (Å²) < 4.78 is 0. The Bertz CT molecular complexity index is 424. The molecule has 0 saturated carbocycles. The Morgan fingerprint density at radius 2 is 1.95 bits per heavy atom. The smallest absolute Gasteiger partial charge is 0.315 e. The van der Waals surface area contributed by atoms with Crippen molar-refractivity contribution in [3.63, 3.8) is 0 Å². The molecule has 0 aliphatic rings. The summed E-state index contributed by atoms with van der Waals surface area (Å²) in [6.45, 7) is 2.04. The zero-order valence-corrected chi connectivity index (χ0v) is 12.7. The maximum atomic E-state index is 11.5. The van der Waals surface area contributed by atoms with Gasteiger partial charge in [0.15, 0.2) is 0 Å². The van der Waals surface area contributed by atoms with Crippen LogP contribution in [0.5, 0.6) is 0 Å². The van der Waals surface area contributed by atoms with Crippen molar-refractivity contribution in [3.05, 3.63) is 33.8 Å². The van der Waals surface area contributed by atoms with E-state index in [-0.39, 0.29) is 6.03 Å². The number of rotatable bonds is 6. The number of urea groups is 1. The third-order valence-corrected chi connectivity index (χ3v) is 3.24. The molecule has 0 fully saturated rings. The van der Waals surface area contributed by atoms with E-state index in [4.69, 9.17) is 23.2 Å². The Kier molecular flexibility index (Phi) is 6.99. The number of amides is 2. The second-order valence-corrected chi connectivity index (χ2v) is 5.33. The first-order valence-electron chi connectivity index (χ1n) is 6.09. The minimum absolute atomic E-state index is 0.176. The number of halogens is 2. The van der Waals surface area contributed by atoms with Crippen LogP contribution in [-0.2, 0) is 6.54 Å². The van der Waals surface area contributed by atoms with Crippen LogP contribution in [0, 0.1) is 0 Å². The number of nitrogens with zero attached hydrogens (tertiary/aromatic N) is 1. The molecule has 0 unspecified atom stereocenters. The van der Waals surface area contributed by atoms with E-state index in [2.05, 4.69) is 15.5 Å². The second kappa shape index (κ2) is 8.25. The van der Waals surface area contributed by atoms with Gasteiger partial charge in [0.2, 0.25) is 0 Å². The topological polar surface area (TPSA) is 44.4 Å². The van der Waals surface area contributed by atoms with Gasteiger partial charge in [-0.25, -0.2) is 4.79 Å². The summed E-state index contributed by atoms with van der Waals surface area (Å²) in [5.41, 5.74) is 0.915. The first-order valence-corrected chi connectivity index (χ1v) is 6.85. The van der Waals surface area contributed by atoms with Gasteiger partial charge in [-0.15, -0.1) is 0 Å². The maximum absolute atomic E-state index is 11.5. The van der Waals surface area contributed by atoms with E-state index in [0.29, 0.717) is 23.1 Å². The van der Waals surface area contributed by atoms with Crippen molar-refractivity contribution in [2.24, 2.45) is 0 Å². The van der Waals surface area contributed by atoms with Gasteiger partial charge < -0.3 is 15.5 Å². The van der Waals surface area contributed by atoms with Crippen LogP contribution in [0.2, 0.25) is 10.0 Å². The summed E-state index contributed by atoms with van der Waals surface area (Å²) in [4.78, 5) is 13.6. The predicted octanol–water partition coefficient (Wildman–Crippen LogP) is 2.74. The molecule has 0 aliphatic carbocycles. The van der Waals surface area contributed by atoms with Crippen molar-refractivity contribution in [1.82, 2.24) is 15.5 Å². The minimum Gasteiger partial charge on any atom is -0.338 e. The predicted molar refractivity (Wildman–Crippen MR) is 79.9 cm³/mol. The molecule has 0 heterocycles. The van der Waals surface area contributed by atoms with Gasteiger partial charge in [0, 0.05) is 13.1 Å². The second-order valence-electron chi connectivity index (χ2n) is 4.51. The van der Waals surface area contributed by atoms with Crippen LogP contribution in [0.4, 0.5) is 4.79 Å². The first-order chi connectivity index (χ1) is 8.99. The summed E-state index contributed by atoms with van der Waals surface area (Å²) >= 11 is 11.7. The maximum Gasteiger partial charge on any atom is 0.315 e. The van der Waals surface area contributed by atoms with Crippen molar-refractivity contribution in [3.8, 4) is 0 Å². The number of carbonyl (C=O) groups is 1. The average Bonchev–Trinajstić information content (AvgIpc) is 2.36. The summed E-state index contributed by atoms with van der Waals surface area (Å²) in [7, 11) is 4.01. The first kappa shape index (κ1) is 16.1. The molecule has 2 amide bonds. The summed E-state index contributed by atoms with van der Waals surface area (Å²) in [6, 6.07) is 5.12. The molecule has 1 rings (SSSR count). The van der Waals surface area contributed by atoms with Crippen molar-refractivity contribution in [1.29, 1.82) is 0 Å². The Hall–Kier alpha value is -0.970. The lowest BCUT2D eigenvalue weighted by molar-refractivity contribution is 0.240. The minimum atomic E-state index is -0.176. The van der Waals surface area contributed by atoms with Crippen molar-refractivity contribution in [2.45, 2.75) is 13.0 Å². The van der Waals surface area contributed by atoms with Crippen LogP contribution in [0.1, 0.15) is 12.0 Å². The van der Waals surface area contributed by atoms with E-state index >= 15 is 0 Å². The number of hydrogen-bond acceptors (Lipinski definition) is 2. The third-order valence-electron chi connectivity index (χ3n) is 2.50. The SMILES string of the molecule is CN(C)CCCNC(=O)NCc1ccc(Cl)c(Cl)c1. The molecule has 1 aromatic rings. The molecule has 0 aliphatic heterocycles. The zero-order chi connectivity index (χ0) is 14.3. The molecule has 0 aromatic heterocycles. The molecule has 1 aromatic carbocycles. The zero-order valence-electron chi connectivity index (χ0n) is 11.2. The molecule has 2 N–H and O–H groups in total. The molecule has 0 radical (unpaired) electrons. The van der Waals surface area contributed by atoms with Gasteiger partial charge in [-0.3, -0.25) is 0 Å². The number of hydrogen-bond donors (Lipinski definition) is 2. The van der Waals surface area contributed by atoms with Crippen LogP contribution >= 0.6 is 23.2 Å². The monoisotopic (exact) mass is 303 g/mol. The highest BCUT2D eigenvalue weighted by molar-refractivity contribution is 6.42. The Morgan fingerprint density at radius 1 is 1.21 bits per heavy atom. The van der Waals surface area contributed by atoms with E-state index in [1.165, 1.54) is 0 Å². The normalized spacial score (nSPS) is 10.6. The quantitative estimate of drug-likeness (QED) is 0.794. The molecule has 0 spiro atoms. The Morgan fingerprint density at radius 3 is 2.58 bits per heavy atom. The van der Waals surface area contributed by atoms with Crippen LogP contribution < -0.4 is 10.6 Å². The lowest BCUT2D eigenvalue weighted by Gasteiger charge is -2.11. The van der Waals surface area contributed by atoms with E-state index in [1.54, 1.807) is 12.1 Å². The molecule has 19 heavy (non-hydrogen) atoms. The highest BCUT2D eigenvalue weighted by atomic mass is 35.5. The molecule has 0 saturated heterocycles. The standard InChI is InChI=1S/C13H19Cl2N3O/c1-18(2)7-3-6-16-13(19)17-9-10-4-5-11(14)12(15)8-10/h4-5,8H,3,6-7,9H2,1-2H3,(H2,16,17,19). The van der Waals surface area contributed by atoms with Crippen molar-refractivity contribution in [2.75, 3.05) is 27.2 Å². The fraction of sp³-hybridized carbons (Fsp3) is 0.462. The average molecular weight is 304 g/mol. The van der Waals surface area contributed by atoms with Gasteiger partial charge in [0.1, 0.15) is 0 Å². The fourth-order valence-corrected chi connectivity index (χ4v) is 1.81. The molecule has 6 heteroatoms. The van der Waals surface area contributed by atoms with E-state index in [0.717, 1.165) is 18.5 Å². The van der Waals surface area contributed by atoms with Crippen molar-refractivity contribution < 1.29 is 4.79 Å². The lowest BCUT2D eigenvalue weighted by Crippen LogP contribution is -2.36. The van der Waals surface area contributed by atoms with Crippen LogP contribution in [0.25, 0.3) is 0 Å². The molecular formula is C13H19Cl2N3O. The Labute approximate surface area is 124 Å². The van der Waals surface area contributed by atoms with Gasteiger partial charge in [0.25, 0.3) is 0 Å². The van der Waals surface area contributed by atoms with E-state index in [1.807, 2.05) is 20.2 Å². The molecule has 106 valence electrons. The number of nitrogens with one attached hydrogen (secondary N) is 2. The van der Waals surface area contributed by atoms with Crippen LogP contribution in [-0.4, -0.2) is 38.1 Å². The van der Waals surface area contributed by atoms with Gasteiger partial charge in [-0.05, 0) is 44.8 Å². The van der Waals surface area contributed by atoms with Crippen LogP contribution in [0.15, 0.2) is 18.2 Å². The largest absolute Gasteiger partial charge is 0.338 e. The van der Waals surface area contributed by atoms with E-state index < -0.39 is 0 Å². The molecule has 0 atom stereocenters. The molecule has 0 bridgehead atoms. The van der Waals surface area contributed by atoms with Crippen molar-refractivity contribution >= 4 is 29.2 Å². The summed E-state index contributed by atoms with van der Waals surface area (Å²) in [5.74, 6) is 0. The van der Waals surface area contributed by atoms with Gasteiger partial charge in [-0.2, -0.15) is 0 Å². The van der Waals surface area contributed by atoms with Crippen LogP contribution in [0.3, 0.4) is 0 Å².